The summed E-state index contributed by atoms with van der Waals surface area (Å²) in [5, 5.41) is 8.42. The van der Waals surface area contributed by atoms with Gasteiger partial charge in [-0.05, 0) is 37.6 Å². The van der Waals surface area contributed by atoms with Crippen LogP contribution < -0.4 is 0 Å². The van der Waals surface area contributed by atoms with Crippen molar-refractivity contribution in [1.29, 1.82) is 5.41 Å². The van der Waals surface area contributed by atoms with E-state index in [9.17, 15) is 0 Å². The van der Waals surface area contributed by atoms with Gasteiger partial charge in [-0.25, -0.2) is 0 Å². The summed E-state index contributed by atoms with van der Waals surface area (Å²) in [6.45, 7) is 15.3. The third-order valence-corrected chi connectivity index (χ3v) is 9.38. The third kappa shape index (κ3) is 4.43. The first-order chi connectivity index (χ1) is 10.0. The highest BCUT2D eigenvalue weighted by atomic mass is 28.4. The van der Waals surface area contributed by atoms with Crippen LogP contribution in [0.4, 0.5) is 0 Å². The van der Waals surface area contributed by atoms with Crippen molar-refractivity contribution in [2.24, 2.45) is 5.92 Å². The molecular formula is C17H33NO3Si. The molecule has 1 heterocycles. The minimum Gasteiger partial charge on any atom is -0.448 e. The third-order valence-electron chi connectivity index (χ3n) is 4.81. The van der Waals surface area contributed by atoms with Crippen LogP contribution in [-0.2, 0) is 13.9 Å². The molecule has 1 rings (SSSR count). The van der Waals surface area contributed by atoms with Crippen LogP contribution in [0.25, 0.3) is 0 Å². The largest absolute Gasteiger partial charge is 0.448 e. The molecule has 5 heteroatoms. The molecule has 22 heavy (non-hydrogen) atoms. The average molecular weight is 328 g/mol. The Bertz CT molecular complexity index is 426. The van der Waals surface area contributed by atoms with Crippen molar-refractivity contribution < 1.29 is 13.9 Å². The van der Waals surface area contributed by atoms with E-state index in [1.807, 2.05) is 13.0 Å². The highest BCUT2D eigenvalue weighted by molar-refractivity contribution is 6.74. The van der Waals surface area contributed by atoms with Gasteiger partial charge in [0.1, 0.15) is 5.76 Å². The Labute approximate surface area is 136 Å². The van der Waals surface area contributed by atoms with E-state index in [-0.39, 0.29) is 29.1 Å². The maximum Gasteiger partial charge on any atom is 0.195 e. The topological polar surface area (TPSA) is 51.5 Å². The molecule has 0 amide bonds. The molecule has 1 N–H and O–H groups in total. The van der Waals surface area contributed by atoms with Gasteiger partial charge in [-0.2, -0.15) is 0 Å². The van der Waals surface area contributed by atoms with Crippen LogP contribution >= 0.6 is 0 Å². The van der Waals surface area contributed by atoms with E-state index < -0.39 is 8.32 Å². The van der Waals surface area contributed by atoms with E-state index in [0.717, 1.165) is 18.6 Å². The van der Waals surface area contributed by atoms with E-state index in [4.69, 9.17) is 19.3 Å². The first kappa shape index (κ1) is 19.4. The summed E-state index contributed by atoms with van der Waals surface area (Å²) < 4.78 is 17.8. The lowest BCUT2D eigenvalue weighted by molar-refractivity contribution is 0.0353. The molecule has 0 aromatic heterocycles. The Hall–Kier alpha value is -0.653. The van der Waals surface area contributed by atoms with Gasteiger partial charge < -0.3 is 13.9 Å². The fourth-order valence-electron chi connectivity index (χ4n) is 2.47. The lowest BCUT2D eigenvalue weighted by Crippen LogP contribution is -2.49. The molecule has 1 aliphatic heterocycles. The molecule has 1 aliphatic rings. The molecular weight excluding hydrogens is 294 g/mol. The molecule has 0 saturated heterocycles. The van der Waals surface area contributed by atoms with Gasteiger partial charge >= 0.3 is 0 Å². The number of methoxy groups -OCH3 is 1. The minimum atomic E-state index is -1.88. The molecule has 0 spiro atoms. The summed E-state index contributed by atoms with van der Waals surface area (Å²) >= 11 is 0. The van der Waals surface area contributed by atoms with Gasteiger partial charge in [0.05, 0.1) is 18.1 Å². The second-order valence-electron chi connectivity index (χ2n) is 7.66. The summed E-state index contributed by atoms with van der Waals surface area (Å²) in [5.41, 5.74) is 0. The lowest BCUT2D eigenvalue weighted by atomic mass is 9.93. The number of rotatable bonds is 6. The lowest BCUT2D eigenvalue weighted by Gasteiger charge is -2.42. The van der Waals surface area contributed by atoms with Crippen molar-refractivity contribution in [2.75, 3.05) is 7.11 Å². The molecule has 0 unspecified atom stereocenters. The Morgan fingerprint density at radius 1 is 1.36 bits per heavy atom. The van der Waals surface area contributed by atoms with Crippen LogP contribution in [0, 0.1) is 11.3 Å². The number of allylic oxidation sites excluding steroid dienone is 1. The van der Waals surface area contributed by atoms with Gasteiger partial charge in [0.2, 0.25) is 0 Å². The predicted octanol–water partition coefficient (Wildman–Crippen LogP) is 4.72. The minimum absolute atomic E-state index is 0.0993. The smallest absolute Gasteiger partial charge is 0.195 e. The van der Waals surface area contributed by atoms with Crippen LogP contribution in [0.2, 0.25) is 18.1 Å². The van der Waals surface area contributed by atoms with E-state index >= 15 is 0 Å². The summed E-state index contributed by atoms with van der Waals surface area (Å²) in [6.07, 6.45) is 3.60. The van der Waals surface area contributed by atoms with Gasteiger partial charge in [0.15, 0.2) is 14.2 Å². The van der Waals surface area contributed by atoms with Gasteiger partial charge in [-0.1, -0.05) is 27.7 Å². The predicted molar refractivity (Wildman–Crippen MR) is 93.8 cm³/mol. The van der Waals surface area contributed by atoms with Crippen LogP contribution in [-0.4, -0.2) is 33.5 Å². The normalized spacial score (nSPS) is 24.7. The van der Waals surface area contributed by atoms with Gasteiger partial charge in [-0.3, -0.25) is 5.41 Å². The summed E-state index contributed by atoms with van der Waals surface area (Å²) in [6, 6.07) is 0. The summed E-state index contributed by atoms with van der Waals surface area (Å²) in [7, 11) is -0.195. The van der Waals surface area contributed by atoms with Crippen molar-refractivity contribution in [3.63, 3.8) is 0 Å². The number of nitrogens with one attached hydrogen (secondary N) is 1. The zero-order chi connectivity index (χ0) is 17.1. The second kappa shape index (κ2) is 7.28. The highest BCUT2D eigenvalue weighted by Crippen LogP contribution is 2.39. The molecule has 0 saturated carbocycles. The average Bonchev–Trinajstić information content (AvgIpc) is 2.36. The Balaban J connectivity index is 2.92. The highest BCUT2D eigenvalue weighted by Gasteiger charge is 2.43. The monoisotopic (exact) mass is 327 g/mol. The quantitative estimate of drug-likeness (QED) is 0.718. The molecule has 0 aromatic carbocycles. The second-order valence-corrected chi connectivity index (χ2v) is 12.4. The van der Waals surface area contributed by atoms with Crippen LogP contribution in [0.1, 0.15) is 47.5 Å². The van der Waals surface area contributed by atoms with Crippen molar-refractivity contribution in [2.45, 2.75) is 77.8 Å². The SMILES string of the molecule is CCCC1=C[C@H](OC)[C@@H]([C@@H](C)O[Si](C)(C)C(C)(C)C)C(=N)O1. The van der Waals surface area contributed by atoms with Crippen molar-refractivity contribution >= 4 is 14.2 Å². The summed E-state index contributed by atoms with van der Waals surface area (Å²) in [4.78, 5) is 0. The molecule has 0 aromatic rings. The van der Waals surface area contributed by atoms with Gasteiger partial charge in [-0.15, -0.1) is 0 Å². The van der Waals surface area contributed by atoms with Gasteiger partial charge in [0.25, 0.3) is 0 Å². The molecule has 4 nitrogen and oxygen atoms in total. The Morgan fingerprint density at radius 3 is 2.41 bits per heavy atom. The van der Waals surface area contributed by atoms with Crippen LogP contribution in [0.5, 0.6) is 0 Å². The molecule has 0 bridgehead atoms. The fourth-order valence-corrected chi connectivity index (χ4v) is 3.90. The zero-order valence-electron chi connectivity index (χ0n) is 15.4. The maximum absolute atomic E-state index is 8.28. The van der Waals surface area contributed by atoms with Crippen LogP contribution in [0.3, 0.4) is 0 Å². The first-order valence-corrected chi connectivity index (χ1v) is 11.1. The van der Waals surface area contributed by atoms with E-state index in [2.05, 4.69) is 40.8 Å². The maximum atomic E-state index is 8.28. The number of ether oxygens (including phenoxy) is 2. The number of hydrogen-bond acceptors (Lipinski definition) is 4. The molecule has 128 valence electrons. The standard InChI is InChI=1S/C17H33NO3Si/c1-9-10-13-11-14(19-6)15(16(18)20-13)12(2)21-22(7,8)17(3,4)5/h11-12,14-15,18H,9-10H2,1-8H3/t12-,14+,15-/m1/s1. The Kier molecular flexibility index (Phi) is 6.42. The fraction of sp³-hybridized carbons (Fsp3) is 0.824. The van der Waals surface area contributed by atoms with E-state index in [1.54, 1.807) is 7.11 Å². The van der Waals surface area contributed by atoms with Crippen molar-refractivity contribution in [3.8, 4) is 0 Å². The molecule has 0 aliphatic carbocycles. The van der Waals surface area contributed by atoms with Crippen molar-refractivity contribution in [3.05, 3.63) is 11.8 Å². The summed E-state index contributed by atoms with van der Waals surface area (Å²) in [5.74, 6) is 0.930. The first-order valence-electron chi connectivity index (χ1n) is 8.21. The van der Waals surface area contributed by atoms with E-state index in [1.165, 1.54) is 0 Å². The van der Waals surface area contributed by atoms with Gasteiger partial charge in [0, 0.05) is 13.5 Å². The molecule has 0 radical (unpaired) electrons. The van der Waals surface area contributed by atoms with Crippen molar-refractivity contribution in [1.82, 2.24) is 0 Å². The molecule has 0 fully saturated rings. The van der Waals surface area contributed by atoms with E-state index in [0.29, 0.717) is 0 Å². The Morgan fingerprint density at radius 2 is 1.95 bits per heavy atom. The van der Waals surface area contributed by atoms with Crippen LogP contribution in [0.15, 0.2) is 11.8 Å². The number of hydrogen-bond donors (Lipinski definition) is 1. The molecule has 3 atom stereocenters. The zero-order valence-corrected chi connectivity index (χ0v) is 16.4.